The summed E-state index contributed by atoms with van der Waals surface area (Å²) in [7, 11) is 0. The average molecular weight is 280 g/mol. The van der Waals surface area contributed by atoms with Crippen molar-refractivity contribution in [2.45, 2.75) is 6.92 Å². The zero-order valence-corrected chi connectivity index (χ0v) is 10.8. The van der Waals surface area contributed by atoms with Gasteiger partial charge in [-0.3, -0.25) is 4.79 Å². The highest BCUT2D eigenvalue weighted by molar-refractivity contribution is 6.32. The minimum Gasteiger partial charge on any atom is -0.506 e. The van der Waals surface area contributed by atoms with Crippen LogP contribution >= 0.6 is 11.6 Å². The van der Waals surface area contributed by atoms with Crippen LogP contribution in [0, 0.1) is 12.7 Å². The number of carbonyl (C=O) groups is 1. The summed E-state index contributed by atoms with van der Waals surface area (Å²) in [5, 5.41) is 12.1. The molecule has 0 aromatic heterocycles. The molecular formula is C14H11ClFNO2. The van der Waals surface area contributed by atoms with E-state index in [4.69, 9.17) is 11.6 Å². The second kappa shape index (κ2) is 5.28. The predicted octanol–water partition coefficient (Wildman–Crippen LogP) is 3.75. The van der Waals surface area contributed by atoms with Gasteiger partial charge in [0.05, 0.1) is 10.6 Å². The van der Waals surface area contributed by atoms with Gasteiger partial charge in [-0.15, -0.1) is 0 Å². The molecule has 2 rings (SSSR count). The van der Waals surface area contributed by atoms with Crippen molar-refractivity contribution in [3.63, 3.8) is 0 Å². The molecule has 0 spiro atoms. The molecule has 2 aromatic carbocycles. The van der Waals surface area contributed by atoms with Gasteiger partial charge in [-0.05, 0) is 30.7 Å². The Morgan fingerprint density at radius 3 is 2.74 bits per heavy atom. The highest BCUT2D eigenvalue weighted by atomic mass is 35.5. The summed E-state index contributed by atoms with van der Waals surface area (Å²) in [6.45, 7) is 1.58. The van der Waals surface area contributed by atoms with Gasteiger partial charge in [0.25, 0.3) is 5.91 Å². The molecule has 2 aromatic rings. The second-order valence-corrected chi connectivity index (χ2v) is 4.46. The summed E-state index contributed by atoms with van der Waals surface area (Å²) in [4.78, 5) is 11.9. The number of aromatic hydroxyl groups is 1. The number of phenols is 1. The Morgan fingerprint density at radius 1 is 1.32 bits per heavy atom. The van der Waals surface area contributed by atoms with Crippen LogP contribution in [0.5, 0.6) is 5.75 Å². The van der Waals surface area contributed by atoms with Crippen molar-refractivity contribution in [2.75, 3.05) is 5.32 Å². The molecule has 1 amide bonds. The van der Waals surface area contributed by atoms with E-state index in [1.165, 1.54) is 24.3 Å². The van der Waals surface area contributed by atoms with Gasteiger partial charge in [0, 0.05) is 11.8 Å². The Labute approximate surface area is 114 Å². The molecule has 0 unspecified atom stereocenters. The fraction of sp³-hybridized carbons (Fsp3) is 0.0714. The summed E-state index contributed by atoms with van der Waals surface area (Å²) >= 11 is 5.66. The van der Waals surface area contributed by atoms with Crippen LogP contribution in [0.15, 0.2) is 36.4 Å². The molecule has 2 N–H and O–H groups in total. The molecule has 0 aliphatic carbocycles. The SMILES string of the molecule is Cc1cccc(C(=O)Nc2ccc(Cl)c(O)c2)c1F. The van der Waals surface area contributed by atoms with Crippen molar-refractivity contribution >= 4 is 23.2 Å². The van der Waals surface area contributed by atoms with Gasteiger partial charge in [-0.1, -0.05) is 23.7 Å². The lowest BCUT2D eigenvalue weighted by Gasteiger charge is -2.08. The predicted molar refractivity (Wildman–Crippen MR) is 72.2 cm³/mol. The number of hydrogen-bond acceptors (Lipinski definition) is 2. The van der Waals surface area contributed by atoms with Crippen LogP contribution in [0.4, 0.5) is 10.1 Å². The standard InChI is InChI=1S/C14H11ClFNO2/c1-8-3-2-4-10(13(8)16)14(19)17-9-5-6-11(15)12(18)7-9/h2-7,18H,1H3,(H,17,19). The van der Waals surface area contributed by atoms with E-state index in [-0.39, 0.29) is 16.3 Å². The molecule has 0 aliphatic heterocycles. The van der Waals surface area contributed by atoms with E-state index in [9.17, 15) is 14.3 Å². The lowest BCUT2D eigenvalue weighted by Crippen LogP contribution is -2.14. The van der Waals surface area contributed by atoms with E-state index in [2.05, 4.69) is 5.32 Å². The maximum atomic E-state index is 13.8. The minimum atomic E-state index is -0.581. The number of nitrogens with one attached hydrogen (secondary N) is 1. The fourth-order valence-electron chi connectivity index (χ4n) is 1.61. The minimum absolute atomic E-state index is 0.0468. The van der Waals surface area contributed by atoms with Gasteiger partial charge in [0.15, 0.2) is 0 Å². The number of phenolic OH excluding ortho intramolecular Hbond substituents is 1. The summed E-state index contributed by atoms with van der Waals surface area (Å²) in [6, 6.07) is 8.85. The van der Waals surface area contributed by atoms with Gasteiger partial charge in [0.2, 0.25) is 0 Å². The fourth-order valence-corrected chi connectivity index (χ4v) is 1.73. The Hall–Kier alpha value is -2.07. The van der Waals surface area contributed by atoms with Crippen molar-refractivity contribution in [1.82, 2.24) is 0 Å². The molecular weight excluding hydrogens is 269 g/mol. The first-order chi connectivity index (χ1) is 8.99. The Bertz CT molecular complexity index is 643. The van der Waals surface area contributed by atoms with E-state index in [0.717, 1.165) is 0 Å². The number of amides is 1. The zero-order chi connectivity index (χ0) is 14.0. The number of halogens is 2. The molecule has 0 aliphatic rings. The van der Waals surface area contributed by atoms with Crippen LogP contribution in [0.1, 0.15) is 15.9 Å². The molecule has 0 atom stereocenters. The van der Waals surface area contributed by atoms with Gasteiger partial charge in [-0.25, -0.2) is 4.39 Å². The second-order valence-electron chi connectivity index (χ2n) is 4.06. The molecule has 19 heavy (non-hydrogen) atoms. The third-order valence-corrected chi connectivity index (χ3v) is 2.96. The molecule has 0 saturated carbocycles. The molecule has 5 heteroatoms. The van der Waals surface area contributed by atoms with E-state index >= 15 is 0 Å². The number of anilines is 1. The van der Waals surface area contributed by atoms with Crippen molar-refractivity contribution in [1.29, 1.82) is 0 Å². The first kappa shape index (κ1) is 13.4. The first-order valence-corrected chi connectivity index (χ1v) is 5.92. The van der Waals surface area contributed by atoms with Crippen LogP contribution in [0.2, 0.25) is 5.02 Å². The lowest BCUT2D eigenvalue weighted by atomic mass is 10.1. The number of hydrogen-bond donors (Lipinski definition) is 2. The quantitative estimate of drug-likeness (QED) is 0.880. The number of benzene rings is 2. The van der Waals surface area contributed by atoms with Crippen LogP contribution in [0.3, 0.4) is 0 Å². The monoisotopic (exact) mass is 279 g/mol. The third kappa shape index (κ3) is 2.85. The Balaban J connectivity index is 2.26. The molecule has 0 heterocycles. The molecule has 0 radical (unpaired) electrons. The zero-order valence-electron chi connectivity index (χ0n) is 10.1. The molecule has 0 fully saturated rings. The topological polar surface area (TPSA) is 49.3 Å². The molecule has 0 saturated heterocycles. The van der Waals surface area contributed by atoms with Crippen molar-refractivity contribution in [3.8, 4) is 5.75 Å². The van der Waals surface area contributed by atoms with Crippen LogP contribution in [-0.4, -0.2) is 11.0 Å². The van der Waals surface area contributed by atoms with E-state index < -0.39 is 11.7 Å². The largest absolute Gasteiger partial charge is 0.506 e. The summed E-state index contributed by atoms with van der Waals surface area (Å²) in [5.41, 5.74) is 0.689. The summed E-state index contributed by atoms with van der Waals surface area (Å²) < 4.78 is 13.8. The van der Waals surface area contributed by atoms with E-state index in [0.29, 0.717) is 11.3 Å². The molecule has 98 valence electrons. The lowest BCUT2D eigenvalue weighted by molar-refractivity contribution is 0.102. The van der Waals surface area contributed by atoms with Crippen molar-refractivity contribution in [3.05, 3.63) is 58.4 Å². The number of aryl methyl sites for hydroxylation is 1. The van der Waals surface area contributed by atoms with Crippen molar-refractivity contribution < 1.29 is 14.3 Å². The first-order valence-electron chi connectivity index (χ1n) is 5.54. The van der Waals surface area contributed by atoms with Crippen LogP contribution < -0.4 is 5.32 Å². The van der Waals surface area contributed by atoms with Gasteiger partial charge >= 0.3 is 0 Å². The van der Waals surface area contributed by atoms with Crippen LogP contribution in [-0.2, 0) is 0 Å². The number of carbonyl (C=O) groups excluding carboxylic acids is 1. The highest BCUT2D eigenvalue weighted by Crippen LogP contribution is 2.26. The maximum Gasteiger partial charge on any atom is 0.258 e. The van der Waals surface area contributed by atoms with Gasteiger partial charge in [0.1, 0.15) is 11.6 Å². The molecule has 0 bridgehead atoms. The van der Waals surface area contributed by atoms with Gasteiger partial charge in [-0.2, -0.15) is 0 Å². The van der Waals surface area contributed by atoms with E-state index in [1.807, 2.05) is 0 Å². The third-order valence-electron chi connectivity index (χ3n) is 2.64. The maximum absolute atomic E-state index is 13.8. The smallest absolute Gasteiger partial charge is 0.258 e. The Morgan fingerprint density at radius 2 is 2.05 bits per heavy atom. The van der Waals surface area contributed by atoms with E-state index in [1.54, 1.807) is 19.1 Å². The Kier molecular flexibility index (Phi) is 3.71. The van der Waals surface area contributed by atoms with Gasteiger partial charge < -0.3 is 10.4 Å². The summed E-state index contributed by atoms with van der Waals surface area (Å²) in [6.07, 6.45) is 0. The summed E-state index contributed by atoms with van der Waals surface area (Å²) in [5.74, 6) is -1.29. The van der Waals surface area contributed by atoms with Crippen molar-refractivity contribution in [2.24, 2.45) is 0 Å². The average Bonchev–Trinajstić information content (AvgIpc) is 2.37. The number of rotatable bonds is 2. The molecule has 3 nitrogen and oxygen atoms in total. The highest BCUT2D eigenvalue weighted by Gasteiger charge is 2.13. The van der Waals surface area contributed by atoms with Crippen LogP contribution in [0.25, 0.3) is 0 Å². The normalized spacial score (nSPS) is 10.3.